The standard InChI is InChI=1S/C11H13Br2N/c1-7(2)5-11(14)9-6-8(12)3-4-10(9)13/h3-4,6,11H,1,5,14H2,2H3. The summed E-state index contributed by atoms with van der Waals surface area (Å²) >= 11 is 6.92. The van der Waals surface area contributed by atoms with Crippen LogP contribution in [-0.4, -0.2) is 0 Å². The molecule has 0 bridgehead atoms. The number of hydrogen-bond donors (Lipinski definition) is 1. The quantitative estimate of drug-likeness (QED) is 0.831. The van der Waals surface area contributed by atoms with E-state index >= 15 is 0 Å². The topological polar surface area (TPSA) is 26.0 Å². The van der Waals surface area contributed by atoms with Crippen LogP contribution in [0.15, 0.2) is 39.3 Å². The fourth-order valence-corrected chi connectivity index (χ4v) is 2.20. The largest absolute Gasteiger partial charge is 0.324 e. The van der Waals surface area contributed by atoms with Gasteiger partial charge in [0.1, 0.15) is 0 Å². The Bertz CT molecular complexity index is 347. The second-order valence-electron chi connectivity index (χ2n) is 3.43. The summed E-state index contributed by atoms with van der Waals surface area (Å²) in [5.74, 6) is 0. The number of rotatable bonds is 3. The van der Waals surface area contributed by atoms with Crippen molar-refractivity contribution in [3.8, 4) is 0 Å². The van der Waals surface area contributed by atoms with E-state index in [1.807, 2.05) is 25.1 Å². The van der Waals surface area contributed by atoms with Crippen molar-refractivity contribution in [3.63, 3.8) is 0 Å². The first kappa shape index (κ1) is 12.0. The molecule has 1 unspecified atom stereocenters. The fraction of sp³-hybridized carbons (Fsp3) is 0.273. The van der Waals surface area contributed by atoms with Gasteiger partial charge in [-0.05, 0) is 37.1 Å². The summed E-state index contributed by atoms with van der Waals surface area (Å²) in [5.41, 5.74) is 8.27. The van der Waals surface area contributed by atoms with Gasteiger partial charge in [0.25, 0.3) is 0 Å². The average molecular weight is 319 g/mol. The second-order valence-corrected chi connectivity index (χ2v) is 5.20. The molecule has 0 saturated heterocycles. The van der Waals surface area contributed by atoms with Gasteiger partial charge in [0, 0.05) is 15.0 Å². The first-order chi connectivity index (χ1) is 6.50. The molecule has 0 aromatic heterocycles. The number of hydrogen-bond acceptors (Lipinski definition) is 1. The molecule has 0 spiro atoms. The van der Waals surface area contributed by atoms with Crippen LogP contribution in [0.5, 0.6) is 0 Å². The van der Waals surface area contributed by atoms with E-state index in [1.54, 1.807) is 0 Å². The molecule has 0 radical (unpaired) electrons. The smallest absolute Gasteiger partial charge is 0.0343 e. The van der Waals surface area contributed by atoms with Crippen LogP contribution in [-0.2, 0) is 0 Å². The van der Waals surface area contributed by atoms with Crippen molar-refractivity contribution in [2.24, 2.45) is 5.73 Å². The van der Waals surface area contributed by atoms with Crippen LogP contribution in [0.4, 0.5) is 0 Å². The molecule has 0 fully saturated rings. The van der Waals surface area contributed by atoms with Gasteiger partial charge in [-0.2, -0.15) is 0 Å². The van der Waals surface area contributed by atoms with Gasteiger partial charge in [-0.1, -0.05) is 37.4 Å². The van der Waals surface area contributed by atoms with Crippen LogP contribution >= 0.6 is 31.9 Å². The molecule has 0 aliphatic rings. The molecule has 2 N–H and O–H groups in total. The third-order valence-electron chi connectivity index (χ3n) is 1.93. The monoisotopic (exact) mass is 317 g/mol. The summed E-state index contributed by atoms with van der Waals surface area (Å²) in [4.78, 5) is 0. The minimum absolute atomic E-state index is 0.0133. The minimum atomic E-state index is 0.0133. The molecule has 1 aromatic rings. The van der Waals surface area contributed by atoms with E-state index in [1.165, 1.54) is 0 Å². The maximum atomic E-state index is 6.05. The summed E-state index contributed by atoms with van der Waals surface area (Å²) in [5, 5.41) is 0. The lowest BCUT2D eigenvalue weighted by molar-refractivity contribution is 0.713. The first-order valence-electron chi connectivity index (χ1n) is 4.35. The maximum absolute atomic E-state index is 6.05. The van der Waals surface area contributed by atoms with Gasteiger partial charge >= 0.3 is 0 Å². The van der Waals surface area contributed by atoms with Gasteiger partial charge in [0.05, 0.1) is 0 Å². The Morgan fingerprint density at radius 1 is 1.50 bits per heavy atom. The van der Waals surface area contributed by atoms with Gasteiger partial charge in [-0.25, -0.2) is 0 Å². The van der Waals surface area contributed by atoms with Crippen molar-refractivity contribution in [2.75, 3.05) is 0 Å². The molecule has 0 amide bonds. The van der Waals surface area contributed by atoms with E-state index < -0.39 is 0 Å². The first-order valence-corrected chi connectivity index (χ1v) is 5.94. The molecule has 0 aliphatic carbocycles. The Morgan fingerprint density at radius 2 is 2.14 bits per heavy atom. The molecule has 0 aliphatic heterocycles. The lowest BCUT2D eigenvalue weighted by Gasteiger charge is -2.14. The third-order valence-corrected chi connectivity index (χ3v) is 3.14. The molecule has 3 heteroatoms. The van der Waals surface area contributed by atoms with E-state index in [0.717, 1.165) is 26.5 Å². The van der Waals surface area contributed by atoms with Crippen LogP contribution in [0.1, 0.15) is 24.9 Å². The molecule has 1 aromatic carbocycles. The zero-order valence-electron chi connectivity index (χ0n) is 8.06. The summed E-state index contributed by atoms with van der Waals surface area (Å²) in [7, 11) is 0. The Morgan fingerprint density at radius 3 is 2.71 bits per heavy atom. The third kappa shape index (κ3) is 3.23. The number of benzene rings is 1. The zero-order chi connectivity index (χ0) is 10.7. The Labute approximate surface area is 102 Å². The van der Waals surface area contributed by atoms with Crippen LogP contribution in [0.3, 0.4) is 0 Å². The predicted octanol–water partition coefficient (Wildman–Crippen LogP) is 4.18. The Balaban J connectivity index is 2.93. The van der Waals surface area contributed by atoms with Crippen LogP contribution in [0, 0.1) is 0 Å². The fourth-order valence-electron chi connectivity index (χ4n) is 1.28. The Kier molecular flexibility index (Phi) is 4.35. The van der Waals surface area contributed by atoms with E-state index in [0.29, 0.717) is 0 Å². The van der Waals surface area contributed by atoms with Crippen molar-refractivity contribution in [1.29, 1.82) is 0 Å². The molecule has 1 nitrogen and oxygen atoms in total. The molecule has 14 heavy (non-hydrogen) atoms. The minimum Gasteiger partial charge on any atom is -0.324 e. The molecule has 0 saturated carbocycles. The van der Waals surface area contributed by atoms with Gasteiger partial charge < -0.3 is 5.73 Å². The Hall–Kier alpha value is -0.120. The summed E-state index contributed by atoms with van der Waals surface area (Å²) < 4.78 is 2.10. The van der Waals surface area contributed by atoms with Crippen LogP contribution in [0.25, 0.3) is 0 Å². The highest BCUT2D eigenvalue weighted by Gasteiger charge is 2.10. The van der Waals surface area contributed by atoms with E-state index in [-0.39, 0.29) is 6.04 Å². The lowest BCUT2D eigenvalue weighted by Crippen LogP contribution is -2.11. The van der Waals surface area contributed by atoms with E-state index in [4.69, 9.17) is 5.73 Å². The van der Waals surface area contributed by atoms with Crippen molar-refractivity contribution in [2.45, 2.75) is 19.4 Å². The van der Waals surface area contributed by atoms with Gasteiger partial charge in [0.15, 0.2) is 0 Å². The van der Waals surface area contributed by atoms with Crippen molar-refractivity contribution >= 4 is 31.9 Å². The lowest BCUT2D eigenvalue weighted by atomic mass is 10.0. The highest BCUT2D eigenvalue weighted by atomic mass is 79.9. The molecule has 0 heterocycles. The number of halogens is 2. The summed E-state index contributed by atoms with van der Waals surface area (Å²) in [6.45, 7) is 5.86. The molecule has 76 valence electrons. The van der Waals surface area contributed by atoms with Gasteiger partial charge in [-0.15, -0.1) is 6.58 Å². The van der Waals surface area contributed by atoms with Gasteiger partial charge in [0.2, 0.25) is 0 Å². The summed E-state index contributed by atoms with van der Waals surface area (Å²) in [6, 6.07) is 6.04. The van der Waals surface area contributed by atoms with Crippen LogP contribution in [0.2, 0.25) is 0 Å². The van der Waals surface area contributed by atoms with Gasteiger partial charge in [-0.3, -0.25) is 0 Å². The predicted molar refractivity (Wildman–Crippen MR) is 68.2 cm³/mol. The zero-order valence-corrected chi connectivity index (χ0v) is 11.2. The SMILES string of the molecule is C=C(C)CC(N)c1cc(Br)ccc1Br. The van der Waals surface area contributed by atoms with Crippen molar-refractivity contribution in [1.82, 2.24) is 0 Å². The average Bonchev–Trinajstić information content (AvgIpc) is 2.08. The highest BCUT2D eigenvalue weighted by Crippen LogP contribution is 2.28. The highest BCUT2D eigenvalue weighted by molar-refractivity contribution is 9.11. The summed E-state index contributed by atoms with van der Waals surface area (Å²) in [6.07, 6.45) is 0.815. The molecular formula is C11H13Br2N. The maximum Gasteiger partial charge on any atom is 0.0343 e. The molecule has 1 rings (SSSR count). The van der Waals surface area contributed by atoms with E-state index in [9.17, 15) is 0 Å². The second kappa shape index (κ2) is 5.10. The number of nitrogens with two attached hydrogens (primary N) is 1. The van der Waals surface area contributed by atoms with E-state index in [2.05, 4.69) is 38.4 Å². The van der Waals surface area contributed by atoms with Crippen molar-refractivity contribution in [3.05, 3.63) is 44.9 Å². The van der Waals surface area contributed by atoms with Crippen molar-refractivity contribution < 1.29 is 0 Å². The normalized spacial score (nSPS) is 12.6. The molecular weight excluding hydrogens is 306 g/mol. The molecule has 1 atom stereocenters. The van der Waals surface area contributed by atoms with Crippen LogP contribution < -0.4 is 5.73 Å².